The van der Waals surface area contributed by atoms with Gasteiger partial charge in [0.2, 0.25) is 15.9 Å². The van der Waals surface area contributed by atoms with Crippen LogP contribution in [0.3, 0.4) is 0 Å². The van der Waals surface area contributed by atoms with Crippen molar-refractivity contribution >= 4 is 50.6 Å². The lowest BCUT2D eigenvalue weighted by atomic mass is 9.97. The summed E-state index contributed by atoms with van der Waals surface area (Å²) in [6.45, 7) is 3.43. The van der Waals surface area contributed by atoms with E-state index in [1.165, 1.54) is 16.4 Å². The third-order valence-electron chi connectivity index (χ3n) is 5.72. The summed E-state index contributed by atoms with van der Waals surface area (Å²) in [5.74, 6) is 0.0123. The van der Waals surface area contributed by atoms with E-state index in [1.54, 1.807) is 18.3 Å². The Hall–Kier alpha value is -1.91. The maximum atomic E-state index is 13.0. The number of halogens is 2. The molecule has 11 heteroatoms. The second-order valence-electron chi connectivity index (χ2n) is 7.72. The van der Waals surface area contributed by atoms with Gasteiger partial charge in [0.05, 0.1) is 35.1 Å². The van der Waals surface area contributed by atoms with Crippen molar-refractivity contribution in [3.05, 3.63) is 46.6 Å². The quantitative estimate of drug-likeness (QED) is 0.679. The SMILES string of the molecule is O=C(Nc1ccc(N2CCOCC2)cn1)C1CCN(S(=O)(=O)c2c(Cl)cccc2Cl)CC1. The molecule has 0 spiro atoms. The van der Waals surface area contributed by atoms with Gasteiger partial charge < -0.3 is 15.0 Å². The average Bonchev–Trinajstić information content (AvgIpc) is 2.80. The smallest absolute Gasteiger partial charge is 0.246 e. The average molecular weight is 499 g/mol. The summed E-state index contributed by atoms with van der Waals surface area (Å²) in [6, 6.07) is 8.30. The van der Waals surface area contributed by atoms with Gasteiger partial charge in [0.25, 0.3) is 0 Å². The zero-order valence-corrected chi connectivity index (χ0v) is 19.7. The Morgan fingerprint density at radius 3 is 2.28 bits per heavy atom. The first-order valence-electron chi connectivity index (χ1n) is 10.4. The standard InChI is InChI=1S/C21H24Cl2N4O4S/c22-17-2-1-3-18(23)20(17)32(29,30)27-8-6-15(7-9-27)21(28)25-19-5-4-16(14-24-19)26-10-12-31-13-11-26/h1-5,14-15H,6-13H2,(H,24,25,28). The number of hydrogen-bond donors (Lipinski definition) is 1. The minimum absolute atomic E-state index is 0.0870. The van der Waals surface area contributed by atoms with Gasteiger partial charge in [-0.25, -0.2) is 13.4 Å². The van der Waals surface area contributed by atoms with Crippen LogP contribution in [0, 0.1) is 5.92 Å². The maximum absolute atomic E-state index is 13.0. The predicted molar refractivity (Wildman–Crippen MR) is 124 cm³/mol. The molecule has 0 saturated carbocycles. The van der Waals surface area contributed by atoms with Crippen molar-refractivity contribution in [1.29, 1.82) is 0 Å². The maximum Gasteiger partial charge on any atom is 0.246 e. The Bertz CT molecular complexity index is 1050. The van der Waals surface area contributed by atoms with E-state index in [0.29, 0.717) is 31.9 Å². The first-order chi connectivity index (χ1) is 15.4. The molecule has 2 saturated heterocycles. The number of nitrogens with one attached hydrogen (secondary N) is 1. The first kappa shape index (κ1) is 23.3. The molecule has 2 fully saturated rings. The zero-order chi connectivity index (χ0) is 22.7. The van der Waals surface area contributed by atoms with Gasteiger partial charge in [-0.3, -0.25) is 4.79 Å². The number of amides is 1. The highest BCUT2D eigenvalue weighted by Crippen LogP contribution is 2.33. The van der Waals surface area contributed by atoms with Gasteiger partial charge in [-0.2, -0.15) is 4.31 Å². The molecule has 1 N–H and O–H groups in total. The number of sulfonamides is 1. The minimum atomic E-state index is -3.84. The molecular formula is C21H24Cl2N4O4S. The van der Waals surface area contributed by atoms with Gasteiger partial charge in [0.1, 0.15) is 10.7 Å². The van der Waals surface area contributed by atoms with Crippen LogP contribution in [-0.4, -0.2) is 63.0 Å². The highest BCUT2D eigenvalue weighted by Gasteiger charge is 2.34. The molecule has 0 radical (unpaired) electrons. The Morgan fingerprint density at radius 2 is 1.69 bits per heavy atom. The van der Waals surface area contributed by atoms with E-state index in [-0.39, 0.29) is 39.9 Å². The number of anilines is 2. The van der Waals surface area contributed by atoms with Crippen LogP contribution in [0.25, 0.3) is 0 Å². The largest absolute Gasteiger partial charge is 0.378 e. The summed E-state index contributed by atoms with van der Waals surface area (Å²) >= 11 is 12.2. The Labute approximate surface area is 197 Å². The third kappa shape index (κ3) is 5.02. The highest BCUT2D eigenvalue weighted by molar-refractivity contribution is 7.89. The molecule has 1 aromatic heterocycles. The number of carbonyl (C=O) groups is 1. The lowest BCUT2D eigenvalue weighted by molar-refractivity contribution is -0.120. The summed E-state index contributed by atoms with van der Waals surface area (Å²) in [5, 5.41) is 3.02. The Balaban J connectivity index is 1.34. The summed E-state index contributed by atoms with van der Waals surface area (Å²) in [4.78, 5) is 19.1. The number of piperidine rings is 1. The van der Waals surface area contributed by atoms with E-state index in [0.717, 1.165) is 18.8 Å². The van der Waals surface area contributed by atoms with Crippen LogP contribution >= 0.6 is 23.2 Å². The second-order valence-corrected chi connectivity index (χ2v) is 10.4. The first-order valence-corrected chi connectivity index (χ1v) is 12.6. The van der Waals surface area contributed by atoms with Gasteiger partial charge >= 0.3 is 0 Å². The van der Waals surface area contributed by atoms with E-state index in [4.69, 9.17) is 27.9 Å². The third-order valence-corrected chi connectivity index (χ3v) is 8.57. The summed E-state index contributed by atoms with van der Waals surface area (Å²) in [7, 11) is -3.84. The van der Waals surface area contributed by atoms with Crippen molar-refractivity contribution in [2.45, 2.75) is 17.7 Å². The molecule has 4 rings (SSSR count). The monoisotopic (exact) mass is 498 g/mol. The molecule has 0 bridgehead atoms. The van der Waals surface area contributed by atoms with E-state index >= 15 is 0 Å². The molecular weight excluding hydrogens is 475 g/mol. The molecule has 2 aliphatic heterocycles. The van der Waals surface area contributed by atoms with Gasteiger partial charge in [0.15, 0.2) is 0 Å². The molecule has 2 aromatic rings. The van der Waals surface area contributed by atoms with Gasteiger partial charge in [-0.05, 0) is 37.1 Å². The number of hydrogen-bond acceptors (Lipinski definition) is 6. The zero-order valence-electron chi connectivity index (χ0n) is 17.3. The van der Waals surface area contributed by atoms with Crippen molar-refractivity contribution in [3.63, 3.8) is 0 Å². The van der Waals surface area contributed by atoms with E-state index in [9.17, 15) is 13.2 Å². The number of nitrogens with zero attached hydrogens (tertiary/aromatic N) is 3. The molecule has 1 amide bonds. The van der Waals surface area contributed by atoms with Crippen LogP contribution in [0.4, 0.5) is 11.5 Å². The van der Waals surface area contributed by atoms with Crippen molar-refractivity contribution in [3.8, 4) is 0 Å². The van der Waals surface area contributed by atoms with Crippen LogP contribution < -0.4 is 10.2 Å². The van der Waals surface area contributed by atoms with Crippen LogP contribution in [-0.2, 0) is 19.6 Å². The molecule has 0 aliphatic carbocycles. The lowest BCUT2D eigenvalue weighted by Gasteiger charge is -2.31. The normalized spacial score (nSPS) is 18.5. The molecule has 32 heavy (non-hydrogen) atoms. The topological polar surface area (TPSA) is 91.8 Å². The predicted octanol–water partition coefficient (Wildman–Crippen LogP) is 3.26. The summed E-state index contributed by atoms with van der Waals surface area (Å²) in [5.41, 5.74) is 0.989. The molecule has 1 aromatic carbocycles. The highest BCUT2D eigenvalue weighted by atomic mass is 35.5. The molecule has 8 nitrogen and oxygen atoms in total. The van der Waals surface area contributed by atoms with Crippen LogP contribution in [0.2, 0.25) is 10.0 Å². The van der Waals surface area contributed by atoms with Gasteiger partial charge in [-0.1, -0.05) is 29.3 Å². The number of rotatable bonds is 5. The molecule has 0 atom stereocenters. The molecule has 0 unspecified atom stereocenters. The second kappa shape index (κ2) is 9.93. The van der Waals surface area contributed by atoms with E-state index in [2.05, 4.69) is 15.2 Å². The van der Waals surface area contributed by atoms with Crippen LogP contribution in [0.1, 0.15) is 12.8 Å². The van der Waals surface area contributed by atoms with Crippen molar-refractivity contribution in [1.82, 2.24) is 9.29 Å². The molecule has 3 heterocycles. The number of morpholine rings is 1. The minimum Gasteiger partial charge on any atom is -0.378 e. The fraction of sp³-hybridized carbons (Fsp3) is 0.429. The van der Waals surface area contributed by atoms with Gasteiger partial charge in [0, 0.05) is 32.1 Å². The number of ether oxygens (including phenoxy) is 1. The van der Waals surface area contributed by atoms with Crippen molar-refractivity contribution < 1.29 is 17.9 Å². The fourth-order valence-corrected chi connectivity index (χ4v) is 6.47. The lowest BCUT2D eigenvalue weighted by Crippen LogP contribution is -2.41. The fourth-order valence-electron chi connectivity index (χ4n) is 3.91. The molecule has 2 aliphatic rings. The number of pyridine rings is 1. The number of benzene rings is 1. The Morgan fingerprint density at radius 1 is 1.03 bits per heavy atom. The van der Waals surface area contributed by atoms with E-state index in [1.807, 2.05) is 6.07 Å². The summed E-state index contributed by atoms with van der Waals surface area (Å²) in [6.07, 6.45) is 2.54. The summed E-state index contributed by atoms with van der Waals surface area (Å²) < 4.78 is 32.7. The van der Waals surface area contributed by atoms with Crippen LogP contribution in [0.5, 0.6) is 0 Å². The molecule has 172 valence electrons. The van der Waals surface area contributed by atoms with Crippen LogP contribution in [0.15, 0.2) is 41.4 Å². The van der Waals surface area contributed by atoms with Gasteiger partial charge in [-0.15, -0.1) is 0 Å². The van der Waals surface area contributed by atoms with Crippen molar-refractivity contribution in [2.75, 3.05) is 49.6 Å². The van der Waals surface area contributed by atoms with Crippen molar-refractivity contribution in [2.24, 2.45) is 5.92 Å². The number of carbonyl (C=O) groups excluding carboxylic acids is 1. The Kier molecular flexibility index (Phi) is 7.21. The van der Waals surface area contributed by atoms with E-state index < -0.39 is 10.0 Å². The number of aromatic nitrogens is 1.